The number of hydrogen-bond donors (Lipinski definition) is 2. The van der Waals surface area contributed by atoms with Crippen molar-refractivity contribution in [2.45, 2.75) is 31.2 Å². The molecule has 1 amide bonds. The number of para-hydroxylation sites is 1. The molecule has 2 N–H and O–H groups in total. The third-order valence-corrected chi connectivity index (χ3v) is 5.76. The monoisotopic (exact) mass is 390 g/mol. The molecule has 1 saturated heterocycles. The second kappa shape index (κ2) is 7.40. The highest BCUT2D eigenvalue weighted by atomic mass is 16.5. The van der Waals surface area contributed by atoms with Crippen molar-refractivity contribution in [3.05, 3.63) is 70.0 Å². The van der Waals surface area contributed by atoms with Gasteiger partial charge in [0.1, 0.15) is 11.4 Å². The largest absolute Gasteiger partial charge is 0.379 e. The van der Waals surface area contributed by atoms with Crippen molar-refractivity contribution >= 4 is 16.8 Å². The van der Waals surface area contributed by atoms with Crippen LogP contribution in [0.1, 0.15) is 40.5 Å². The first-order chi connectivity index (χ1) is 14.2. The van der Waals surface area contributed by atoms with Gasteiger partial charge in [0.15, 0.2) is 0 Å². The molecule has 0 radical (unpaired) electrons. The molecule has 0 bridgehead atoms. The number of nitrogens with zero attached hydrogens (tertiary/aromatic N) is 2. The average molecular weight is 390 g/mol. The van der Waals surface area contributed by atoms with Crippen LogP contribution in [0.4, 0.5) is 0 Å². The maximum absolute atomic E-state index is 12.7. The first-order valence-corrected chi connectivity index (χ1v) is 9.99. The van der Waals surface area contributed by atoms with Crippen LogP contribution in [0.5, 0.6) is 0 Å². The lowest BCUT2D eigenvalue weighted by molar-refractivity contribution is 0.0923. The summed E-state index contributed by atoms with van der Waals surface area (Å²) in [6.07, 6.45) is 6.05. The molecule has 2 atom stereocenters. The highest BCUT2D eigenvalue weighted by Crippen LogP contribution is 2.37. The van der Waals surface area contributed by atoms with Crippen LogP contribution < -0.4 is 10.9 Å². The maximum atomic E-state index is 12.7. The minimum absolute atomic E-state index is 0.0504. The highest BCUT2D eigenvalue weighted by molar-refractivity contribution is 5.93. The molecule has 1 aromatic carbocycles. The SMILES string of the molecule is O=C(N[C@@H]1COC[C@H]1Cc1ccnc2ccccc12)c1cnc(C2CC2)[nH]c1=O. The summed E-state index contributed by atoms with van der Waals surface area (Å²) >= 11 is 0. The van der Waals surface area contributed by atoms with Crippen LogP contribution in [0, 0.1) is 5.92 Å². The van der Waals surface area contributed by atoms with Crippen LogP contribution in [0.25, 0.3) is 10.9 Å². The number of hydrogen-bond acceptors (Lipinski definition) is 5. The number of benzene rings is 1. The van der Waals surface area contributed by atoms with Gasteiger partial charge in [-0.25, -0.2) is 4.98 Å². The van der Waals surface area contributed by atoms with E-state index in [-0.39, 0.29) is 23.1 Å². The van der Waals surface area contributed by atoms with Gasteiger partial charge in [-0.15, -0.1) is 0 Å². The Labute approximate surface area is 167 Å². The Morgan fingerprint density at radius 2 is 2.03 bits per heavy atom. The fraction of sp³-hybridized carbons (Fsp3) is 0.364. The molecule has 3 aromatic rings. The van der Waals surface area contributed by atoms with Gasteiger partial charge in [-0.05, 0) is 37.0 Å². The number of carbonyl (C=O) groups excluding carboxylic acids is 1. The van der Waals surface area contributed by atoms with Crippen LogP contribution >= 0.6 is 0 Å². The number of carbonyl (C=O) groups is 1. The first-order valence-electron chi connectivity index (χ1n) is 9.99. The smallest absolute Gasteiger partial charge is 0.263 e. The number of fused-ring (bicyclic) bond motifs is 1. The van der Waals surface area contributed by atoms with E-state index in [1.807, 2.05) is 30.5 Å². The minimum Gasteiger partial charge on any atom is -0.379 e. The lowest BCUT2D eigenvalue weighted by Gasteiger charge is -2.19. The molecule has 1 aliphatic carbocycles. The molecule has 1 aliphatic heterocycles. The molecular weight excluding hydrogens is 368 g/mol. The Morgan fingerprint density at radius 1 is 1.17 bits per heavy atom. The van der Waals surface area contributed by atoms with E-state index in [1.165, 1.54) is 11.8 Å². The molecule has 1 saturated carbocycles. The van der Waals surface area contributed by atoms with E-state index >= 15 is 0 Å². The van der Waals surface area contributed by atoms with Crippen molar-refractivity contribution in [2.75, 3.05) is 13.2 Å². The van der Waals surface area contributed by atoms with Crippen LogP contribution in [0.3, 0.4) is 0 Å². The third-order valence-electron chi connectivity index (χ3n) is 5.76. The van der Waals surface area contributed by atoms with E-state index in [9.17, 15) is 9.59 Å². The summed E-state index contributed by atoms with van der Waals surface area (Å²) in [6, 6.07) is 9.90. The van der Waals surface area contributed by atoms with E-state index in [1.54, 1.807) is 0 Å². The zero-order valence-electron chi connectivity index (χ0n) is 15.9. The van der Waals surface area contributed by atoms with Crippen molar-refractivity contribution in [1.82, 2.24) is 20.3 Å². The molecule has 3 heterocycles. The zero-order chi connectivity index (χ0) is 19.8. The zero-order valence-corrected chi connectivity index (χ0v) is 15.9. The quantitative estimate of drug-likeness (QED) is 0.696. The maximum Gasteiger partial charge on any atom is 0.263 e. The molecule has 0 spiro atoms. The van der Waals surface area contributed by atoms with Crippen LogP contribution in [-0.4, -0.2) is 40.1 Å². The van der Waals surface area contributed by atoms with E-state index < -0.39 is 5.91 Å². The molecular formula is C22H22N4O3. The van der Waals surface area contributed by atoms with Gasteiger partial charge >= 0.3 is 0 Å². The van der Waals surface area contributed by atoms with Gasteiger partial charge in [0.05, 0.1) is 24.8 Å². The van der Waals surface area contributed by atoms with E-state index in [0.29, 0.717) is 25.0 Å². The lowest BCUT2D eigenvalue weighted by Crippen LogP contribution is -2.42. The van der Waals surface area contributed by atoms with E-state index in [4.69, 9.17) is 4.74 Å². The summed E-state index contributed by atoms with van der Waals surface area (Å²) < 4.78 is 5.65. The number of aromatic amines is 1. The van der Waals surface area contributed by atoms with Crippen molar-refractivity contribution in [3.63, 3.8) is 0 Å². The molecule has 2 aromatic heterocycles. The summed E-state index contributed by atoms with van der Waals surface area (Å²) in [6.45, 7) is 1.00. The molecule has 148 valence electrons. The summed E-state index contributed by atoms with van der Waals surface area (Å²) in [5, 5.41) is 4.09. The second-order valence-corrected chi connectivity index (χ2v) is 7.85. The van der Waals surface area contributed by atoms with Crippen molar-refractivity contribution < 1.29 is 9.53 Å². The van der Waals surface area contributed by atoms with Gasteiger partial charge in [0.25, 0.3) is 11.5 Å². The molecule has 7 nitrogen and oxygen atoms in total. The van der Waals surface area contributed by atoms with Gasteiger partial charge in [0, 0.05) is 29.6 Å². The summed E-state index contributed by atoms with van der Waals surface area (Å²) in [4.78, 5) is 36.4. The lowest BCUT2D eigenvalue weighted by atomic mass is 9.93. The van der Waals surface area contributed by atoms with Gasteiger partial charge in [-0.1, -0.05) is 18.2 Å². The molecule has 29 heavy (non-hydrogen) atoms. The fourth-order valence-electron chi connectivity index (χ4n) is 3.96. The predicted octanol–water partition coefficient (Wildman–Crippen LogP) is 2.18. The standard InChI is InChI=1S/C22H22N4O3/c27-21(17-10-24-20(13-5-6-13)26-22(17)28)25-19-12-29-11-15(19)9-14-7-8-23-18-4-2-1-3-16(14)18/h1-4,7-8,10,13,15,19H,5-6,9,11-12H2,(H,25,27)(H,24,26,28)/t15-,19-/m1/s1. The number of nitrogens with one attached hydrogen (secondary N) is 2. The Hall–Kier alpha value is -3.06. The van der Waals surface area contributed by atoms with Crippen LogP contribution in [0.2, 0.25) is 0 Å². The van der Waals surface area contributed by atoms with Gasteiger partial charge < -0.3 is 15.0 Å². The predicted molar refractivity (Wildman–Crippen MR) is 108 cm³/mol. The van der Waals surface area contributed by atoms with Crippen molar-refractivity contribution in [1.29, 1.82) is 0 Å². The number of H-pyrrole nitrogens is 1. The topological polar surface area (TPSA) is 97.0 Å². The van der Waals surface area contributed by atoms with Gasteiger partial charge in [-0.2, -0.15) is 0 Å². The summed E-state index contributed by atoms with van der Waals surface area (Å²) in [5.74, 6) is 0.740. The summed E-state index contributed by atoms with van der Waals surface area (Å²) in [7, 11) is 0. The number of rotatable bonds is 5. The first kappa shape index (κ1) is 18.0. The third kappa shape index (κ3) is 3.65. The molecule has 2 fully saturated rings. The number of pyridine rings is 1. The Morgan fingerprint density at radius 3 is 2.86 bits per heavy atom. The summed E-state index contributed by atoms with van der Waals surface area (Å²) in [5.41, 5.74) is 1.81. The number of aromatic nitrogens is 3. The van der Waals surface area contributed by atoms with E-state index in [2.05, 4.69) is 26.3 Å². The van der Waals surface area contributed by atoms with Crippen molar-refractivity contribution in [3.8, 4) is 0 Å². The Kier molecular flexibility index (Phi) is 4.60. The Balaban J connectivity index is 1.32. The fourth-order valence-corrected chi connectivity index (χ4v) is 3.96. The van der Waals surface area contributed by atoms with E-state index in [0.717, 1.165) is 30.2 Å². The van der Waals surface area contributed by atoms with Crippen LogP contribution in [0.15, 0.2) is 47.5 Å². The normalized spacial score (nSPS) is 21.4. The van der Waals surface area contributed by atoms with Gasteiger partial charge in [0.2, 0.25) is 0 Å². The number of ether oxygens (including phenoxy) is 1. The molecule has 7 heteroatoms. The molecule has 0 unspecified atom stereocenters. The minimum atomic E-state index is -0.402. The Bertz CT molecular complexity index is 1120. The van der Waals surface area contributed by atoms with Crippen molar-refractivity contribution in [2.24, 2.45) is 5.92 Å². The highest BCUT2D eigenvalue weighted by Gasteiger charge is 2.31. The molecule has 2 aliphatic rings. The average Bonchev–Trinajstić information content (AvgIpc) is 3.50. The number of amides is 1. The second-order valence-electron chi connectivity index (χ2n) is 7.85. The molecule has 5 rings (SSSR count). The van der Waals surface area contributed by atoms with Crippen LogP contribution in [-0.2, 0) is 11.2 Å². The van der Waals surface area contributed by atoms with Gasteiger partial charge in [-0.3, -0.25) is 14.6 Å².